The van der Waals surface area contributed by atoms with Crippen molar-refractivity contribution in [3.05, 3.63) is 23.9 Å². The van der Waals surface area contributed by atoms with Crippen molar-refractivity contribution in [1.29, 1.82) is 0 Å². The maximum absolute atomic E-state index is 12.1. The number of hydrogen-bond donors (Lipinski definition) is 2. The molecule has 18 heavy (non-hydrogen) atoms. The summed E-state index contributed by atoms with van der Waals surface area (Å²) in [5, 5.41) is 2.85. The molecule has 1 rings (SSSR count). The van der Waals surface area contributed by atoms with Gasteiger partial charge in [-0.2, -0.15) is 0 Å². The zero-order chi connectivity index (χ0) is 13.4. The summed E-state index contributed by atoms with van der Waals surface area (Å²) in [6, 6.07) is 3.23. The first-order valence-electron chi connectivity index (χ1n) is 5.71. The summed E-state index contributed by atoms with van der Waals surface area (Å²) in [5.74, 6) is 0.0642. The Balaban J connectivity index is 2.73. The molecule has 0 aliphatic carbocycles. The number of aromatic nitrogens is 1. The number of amides is 1. The molecule has 1 unspecified atom stereocenters. The third-order valence-corrected chi connectivity index (χ3v) is 2.43. The van der Waals surface area contributed by atoms with E-state index in [0.717, 1.165) is 0 Å². The molecule has 0 aromatic carbocycles. The van der Waals surface area contributed by atoms with E-state index in [2.05, 4.69) is 10.3 Å². The van der Waals surface area contributed by atoms with Crippen molar-refractivity contribution < 1.29 is 14.3 Å². The number of rotatable bonds is 7. The van der Waals surface area contributed by atoms with Gasteiger partial charge >= 0.3 is 0 Å². The Morgan fingerprint density at radius 3 is 2.94 bits per heavy atom. The van der Waals surface area contributed by atoms with E-state index >= 15 is 0 Å². The average molecular weight is 253 g/mol. The maximum Gasteiger partial charge on any atom is 0.257 e. The fraction of sp³-hybridized carbons (Fsp3) is 0.500. The molecule has 0 saturated carbocycles. The summed E-state index contributed by atoms with van der Waals surface area (Å²) in [4.78, 5) is 16.0. The average Bonchev–Trinajstić information content (AvgIpc) is 2.39. The molecule has 1 atom stereocenters. The fourth-order valence-corrected chi connectivity index (χ4v) is 1.59. The lowest BCUT2D eigenvalue weighted by molar-refractivity contribution is 0.0889. The number of nitrogens with one attached hydrogen (secondary N) is 1. The Hall–Kier alpha value is -1.66. The minimum atomic E-state index is -0.240. The van der Waals surface area contributed by atoms with Gasteiger partial charge in [0.15, 0.2) is 0 Å². The van der Waals surface area contributed by atoms with Crippen molar-refractivity contribution >= 4 is 5.91 Å². The third-order valence-electron chi connectivity index (χ3n) is 2.43. The second kappa shape index (κ2) is 7.62. The van der Waals surface area contributed by atoms with Crippen LogP contribution in [0.4, 0.5) is 0 Å². The SMILES string of the molecule is COCC(CCN)NC(=O)c1cccnc1OC. The molecular formula is C12H19N3O3. The summed E-state index contributed by atoms with van der Waals surface area (Å²) >= 11 is 0. The van der Waals surface area contributed by atoms with Crippen molar-refractivity contribution in [1.82, 2.24) is 10.3 Å². The van der Waals surface area contributed by atoms with Gasteiger partial charge in [0.1, 0.15) is 5.56 Å². The van der Waals surface area contributed by atoms with Crippen LogP contribution in [0.2, 0.25) is 0 Å². The Kier molecular flexibility index (Phi) is 6.10. The molecule has 1 aromatic rings. The van der Waals surface area contributed by atoms with Crippen molar-refractivity contribution in [3.8, 4) is 5.88 Å². The lowest BCUT2D eigenvalue weighted by Crippen LogP contribution is -2.39. The topological polar surface area (TPSA) is 86.5 Å². The number of nitrogens with zero attached hydrogens (tertiary/aromatic N) is 1. The smallest absolute Gasteiger partial charge is 0.257 e. The normalized spacial score (nSPS) is 11.9. The summed E-state index contributed by atoms with van der Waals surface area (Å²) in [7, 11) is 3.06. The van der Waals surface area contributed by atoms with Gasteiger partial charge < -0.3 is 20.5 Å². The third kappa shape index (κ3) is 3.97. The van der Waals surface area contributed by atoms with E-state index in [1.165, 1.54) is 7.11 Å². The minimum Gasteiger partial charge on any atom is -0.480 e. The van der Waals surface area contributed by atoms with Crippen molar-refractivity contribution in [2.75, 3.05) is 27.4 Å². The summed E-state index contributed by atoms with van der Waals surface area (Å²) in [6.07, 6.45) is 2.23. The van der Waals surface area contributed by atoms with E-state index in [0.29, 0.717) is 31.0 Å². The first kappa shape index (κ1) is 14.4. The van der Waals surface area contributed by atoms with Crippen LogP contribution in [0.25, 0.3) is 0 Å². The number of hydrogen-bond acceptors (Lipinski definition) is 5. The summed E-state index contributed by atoms with van der Waals surface area (Å²) < 4.78 is 10.1. The van der Waals surface area contributed by atoms with Crippen LogP contribution in [0.5, 0.6) is 5.88 Å². The van der Waals surface area contributed by atoms with Crippen molar-refractivity contribution in [2.45, 2.75) is 12.5 Å². The molecule has 1 aromatic heterocycles. The van der Waals surface area contributed by atoms with Gasteiger partial charge in [-0.05, 0) is 25.1 Å². The molecular weight excluding hydrogens is 234 g/mol. The second-order valence-electron chi connectivity index (χ2n) is 3.76. The first-order chi connectivity index (χ1) is 8.72. The molecule has 0 bridgehead atoms. The van der Waals surface area contributed by atoms with E-state index in [4.69, 9.17) is 15.2 Å². The van der Waals surface area contributed by atoms with Gasteiger partial charge in [-0.25, -0.2) is 4.98 Å². The Labute approximate surface area is 106 Å². The van der Waals surface area contributed by atoms with Gasteiger partial charge in [0.05, 0.1) is 19.8 Å². The Morgan fingerprint density at radius 2 is 2.33 bits per heavy atom. The predicted molar refractivity (Wildman–Crippen MR) is 67.6 cm³/mol. The highest BCUT2D eigenvalue weighted by Gasteiger charge is 2.16. The molecule has 0 spiro atoms. The van der Waals surface area contributed by atoms with Gasteiger partial charge in [0.2, 0.25) is 5.88 Å². The molecule has 0 radical (unpaired) electrons. The molecule has 3 N–H and O–H groups in total. The highest BCUT2D eigenvalue weighted by molar-refractivity contribution is 5.96. The van der Waals surface area contributed by atoms with Crippen LogP contribution in [-0.2, 0) is 4.74 Å². The largest absolute Gasteiger partial charge is 0.480 e. The molecule has 1 heterocycles. The predicted octanol–water partition coefficient (Wildman–Crippen LogP) is 0.184. The fourth-order valence-electron chi connectivity index (χ4n) is 1.59. The van der Waals surface area contributed by atoms with Crippen molar-refractivity contribution in [2.24, 2.45) is 5.73 Å². The number of pyridine rings is 1. The van der Waals surface area contributed by atoms with E-state index < -0.39 is 0 Å². The molecule has 100 valence electrons. The second-order valence-corrected chi connectivity index (χ2v) is 3.76. The molecule has 1 amide bonds. The first-order valence-corrected chi connectivity index (χ1v) is 5.71. The standard InChI is InChI=1S/C12H19N3O3/c1-17-8-9(5-6-13)15-11(16)10-4-3-7-14-12(10)18-2/h3-4,7,9H,5-6,8,13H2,1-2H3,(H,15,16). The molecule has 0 aliphatic heterocycles. The van der Waals surface area contributed by atoms with Crippen LogP contribution in [0.15, 0.2) is 18.3 Å². The van der Waals surface area contributed by atoms with Gasteiger partial charge in [0.25, 0.3) is 5.91 Å². The number of nitrogens with two attached hydrogens (primary N) is 1. The molecule has 0 saturated heterocycles. The highest BCUT2D eigenvalue weighted by atomic mass is 16.5. The van der Waals surface area contributed by atoms with E-state index in [-0.39, 0.29) is 11.9 Å². The minimum absolute atomic E-state index is 0.114. The number of carbonyl (C=O) groups is 1. The lowest BCUT2D eigenvalue weighted by atomic mass is 10.2. The molecule has 6 heteroatoms. The van der Waals surface area contributed by atoms with Gasteiger partial charge in [-0.3, -0.25) is 4.79 Å². The van der Waals surface area contributed by atoms with Gasteiger partial charge in [-0.1, -0.05) is 0 Å². The van der Waals surface area contributed by atoms with Crippen LogP contribution in [0.3, 0.4) is 0 Å². The van der Waals surface area contributed by atoms with Gasteiger partial charge in [0, 0.05) is 13.3 Å². The van der Waals surface area contributed by atoms with Crippen LogP contribution < -0.4 is 15.8 Å². The number of carbonyl (C=O) groups excluding carboxylic acids is 1. The number of methoxy groups -OCH3 is 2. The van der Waals surface area contributed by atoms with E-state index in [1.807, 2.05) is 0 Å². The summed E-state index contributed by atoms with van der Waals surface area (Å²) in [6.45, 7) is 0.907. The lowest BCUT2D eigenvalue weighted by Gasteiger charge is -2.17. The van der Waals surface area contributed by atoms with Gasteiger partial charge in [-0.15, -0.1) is 0 Å². The quantitative estimate of drug-likeness (QED) is 0.724. The van der Waals surface area contributed by atoms with E-state index in [9.17, 15) is 4.79 Å². The highest BCUT2D eigenvalue weighted by Crippen LogP contribution is 2.13. The maximum atomic E-state index is 12.1. The Morgan fingerprint density at radius 1 is 1.56 bits per heavy atom. The van der Waals surface area contributed by atoms with Crippen LogP contribution in [0.1, 0.15) is 16.8 Å². The molecule has 0 fully saturated rings. The monoisotopic (exact) mass is 253 g/mol. The van der Waals surface area contributed by atoms with Crippen LogP contribution in [-0.4, -0.2) is 44.3 Å². The zero-order valence-corrected chi connectivity index (χ0v) is 10.7. The Bertz CT molecular complexity index is 379. The van der Waals surface area contributed by atoms with E-state index in [1.54, 1.807) is 25.4 Å². The zero-order valence-electron chi connectivity index (χ0n) is 10.7. The number of ether oxygens (including phenoxy) is 2. The summed E-state index contributed by atoms with van der Waals surface area (Å²) in [5.41, 5.74) is 5.89. The molecule has 6 nitrogen and oxygen atoms in total. The van der Waals surface area contributed by atoms with Crippen LogP contribution in [0, 0.1) is 0 Å². The molecule has 0 aliphatic rings. The van der Waals surface area contributed by atoms with Crippen LogP contribution >= 0.6 is 0 Å². The van der Waals surface area contributed by atoms with Crippen molar-refractivity contribution in [3.63, 3.8) is 0 Å².